The molecule has 0 saturated heterocycles. The molecule has 0 aliphatic carbocycles. The van der Waals surface area contributed by atoms with E-state index in [2.05, 4.69) is 10.1 Å². The number of halogens is 3. The average Bonchev–Trinajstić information content (AvgIpc) is 2.53. The summed E-state index contributed by atoms with van der Waals surface area (Å²) < 4.78 is 62.3. The number of hydrogen-bond donors (Lipinski definition) is 2. The van der Waals surface area contributed by atoms with Gasteiger partial charge in [0.1, 0.15) is 5.75 Å². The number of amides is 1. The minimum absolute atomic E-state index is 0.0214. The third-order valence-electron chi connectivity index (χ3n) is 3.26. The molecular weight excluding hydrogens is 373 g/mol. The fourth-order valence-corrected chi connectivity index (χ4v) is 2.58. The normalized spacial score (nSPS) is 11.8. The van der Waals surface area contributed by atoms with Gasteiger partial charge < -0.3 is 10.1 Å². The first kappa shape index (κ1) is 19.7. The molecule has 0 spiro atoms. The van der Waals surface area contributed by atoms with Gasteiger partial charge in [-0.15, -0.1) is 13.2 Å². The van der Waals surface area contributed by atoms with E-state index in [0.29, 0.717) is 12.1 Å². The number of hydrogen-bond acceptors (Lipinski definition) is 4. The molecule has 10 heteroatoms. The van der Waals surface area contributed by atoms with Crippen LogP contribution in [-0.2, 0) is 21.2 Å². The highest BCUT2D eigenvalue weighted by atomic mass is 32.2. The minimum atomic E-state index is -4.77. The van der Waals surface area contributed by atoms with Crippen LogP contribution in [-0.4, -0.2) is 20.7 Å². The van der Waals surface area contributed by atoms with Crippen molar-refractivity contribution in [2.75, 3.05) is 5.32 Å². The van der Waals surface area contributed by atoms with E-state index in [-0.39, 0.29) is 23.0 Å². The summed E-state index contributed by atoms with van der Waals surface area (Å²) in [6.07, 6.45) is -4.31. The molecule has 0 unspecified atom stereocenters. The maximum absolute atomic E-state index is 12.1. The lowest BCUT2D eigenvalue weighted by Gasteiger charge is -2.10. The molecule has 0 aliphatic heterocycles. The van der Waals surface area contributed by atoms with E-state index in [1.165, 1.54) is 24.3 Å². The number of nitrogens with one attached hydrogen (secondary N) is 1. The maximum Gasteiger partial charge on any atom is 0.573 e. The zero-order valence-corrected chi connectivity index (χ0v) is 14.1. The molecule has 0 fully saturated rings. The Labute approximate surface area is 147 Å². The third kappa shape index (κ3) is 6.37. The lowest BCUT2D eigenvalue weighted by molar-refractivity contribution is -0.274. The monoisotopic (exact) mass is 388 g/mol. The van der Waals surface area contributed by atoms with Crippen LogP contribution in [0.1, 0.15) is 12.0 Å². The van der Waals surface area contributed by atoms with Gasteiger partial charge in [0.2, 0.25) is 15.9 Å². The number of anilines is 1. The number of ether oxygens (including phenoxy) is 1. The van der Waals surface area contributed by atoms with Crippen molar-refractivity contribution in [2.45, 2.75) is 24.1 Å². The Morgan fingerprint density at radius 3 is 2.12 bits per heavy atom. The van der Waals surface area contributed by atoms with Crippen LogP contribution in [0.4, 0.5) is 18.9 Å². The van der Waals surface area contributed by atoms with E-state index in [1.54, 1.807) is 12.1 Å². The minimum Gasteiger partial charge on any atom is -0.406 e. The molecule has 0 bridgehead atoms. The molecule has 26 heavy (non-hydrogen) atoms. The summed E-state index contributed by atoms with van der Waals surface area (Å²) in [7, 11) is -3.77. The number of carbonyl (C=O) groups excluding carboxylic acids is 1. The summed E-state index contributed by atoms with van der Waals surface area (Å²) in [5.74, 6) is -0.726. The molecule has 2 aromatic rings. The van der Waals surface area contributed by atoms with Crippen LogP contribution < -0.4 is 15.2 Å². The van der Waals surface area contributed by atoms with E-state index >= 15 is 0 Å². The molecular formula is C16H15F3N2O4S. The SMILES string of the molecule is NS(=O)(=O)c1ccc(CCC(=O)Nc2ccc(OC(F)(F)F)cc2)cc1. The van der Waals surface area contributed by atoms with Crippen LogP contribution in [0.3, 0.4) is 0 Å². The van der Waals surface area contributed by atoms with Gasteiger partial charge in [-0.1, -0.05) is 12.1 Å². The Kier molecular flexibility index (Phi) is 5.88. The highest BCUT2D eigenvalue weighted by Gasteiger charge is 2.30. The largest absolute Gasteiger partial charge is 0.573 e. The number of primary sulfonamides is 1. The van der Waals surface area contributed by atoms with E-state index in [0.717, 1.165) is 17.7 Å². The van der Waals surface area contributed by atoms with Gasteiger partial charge in [-0.3, -0.25) is 4.79 Å². The second kappa shape index (κ2) is 7.75. The van der Waals surface area contributed by atoms with Crippen molar-refractivity contribution >= 4 is 21.6 Å². The number of benzene rings is 2. The number of rotatable bonds is 6. The van der Waals surface area contributed by atoms with E-state index in [1.807, 2.05) is 0 Å². The number of aryl methyl sites for hydroxylation is 1. The summed E-state index contributed by atoms with van der Waals surface area (Å²) in [5.41, 5.74) is 1.07. The van der Waals surface area contributed by atoms with Gasteiger partial charge in [-0.05, 0) is 48.4 Å². The summed E-state index contributed by atoms with van der Waals surface area (Å²) in [6.45, 7) is 0. The molecule has 0 saturated carbocycles. The molecule has 0 aliphatic rings. The van der Waals surface area contributed by atoms with Gasteiger partial charge in [-0.25, -0.2) is 13.6 Å². The van der Waals surface area contributed by atoms with Gasteiger partial charge in [-0.2, -0.15) is 0 Å². The molecule has 2 aromatic carbocycles. The second-order valence-corrected chi connectivity index (χ2v) is 6.87. The molecule has 6 nitrogen and oxygen atoms in total. The van der Waals surface area contributed by atoms with Crippen LogP contribution in [0, 0.1) is 0 Å². The molecule has 140 valence electrons. The van der Waals surface area contributed by atoms with Crippen molar-refractivity contribution in [1.82, 2.24) is 0 Å². The predicted molar refractivity (Wildman–Crippen MR) is 87.9 cm³/mol. The molecule has 0 radical (unpaired) electrons. The van der Waals surface area contributed by atoms with E-state index in [4.69, 9.17) is 5.14 Å². The average molecular weight is 388 g/mol. The summed E-state index contributed by atoms with van der Waals surface area (Å²) in [5, 5.41) is 7.54. The van der Waals surface area contributed by atoms with Crippen LogP contribution in [0.5, 0.6) is 5.75 Å². The summed E-state index contributed by atoms with van der Waals surface area (Å²) in [4.78, 5) is 11.9. The molecule has 0 atom stereocenters. The van der Waals surface area contributed by atoms with Crippen molar-refractivity contribution in [3.63, 3.8) is 0 Å². The van der Waals surface area contributed by atoms with Crippen LogP contribution >= 0.6 is 0 Å². The topological polar surface area (TPSA) is 98.5 Å². The molecule has 0 aromatic heterocycles. The van der Waals surface area contributed by atoms with Crippen molar-refractivity contribution in [1.29, 1.82) is 0 Å². The van der Waals surface area contributed by atoms with Crippen molar-refractivity contribution in [3.05, 3.63) is 54.1 Å². The van der Waals surface area contributed by atoms with Crippen LogP contribution in [0.15, 0.2) is 53.4 Å². The number of sulfonamides is 1. The zero-order chi connectivity index (χ0) is 19.4. The molecule has 2 rings (SSSR count). The Morgan fingerprint density at radius 2 is 1.62 bits per heavy atom. The Balaban J connectivity index is 1.87. The van der Waals surface area contributed by atoms with E-state index in [9.17, 15) is 26.4 Å². The number of carbonyl (C=O) groups is 1. The lowest BCUT2D eigenvalue weighted by Crippen LogP contribution is -2.17. The zero-order valence-electron chi connectivity index (χ0n) is 13.3. The summed E-state index contributed by atoms with van der Waals surface area (Å²) >= 11 is 0. The molecule has 1 amide bonds. The smallest absolute Gasteiger partial charge is 0.406 e. The predicted octanol–water partition coefficient (Wildman–Crippen LogP) is 2.80. The first-order chi connectivity index (χ1) is 12.0. The first-order valence-electron chi connectivity index (χ1n) is 7.30. The second-order valence-electron chi connectivity index (χ2n) is 5.31. The number of alkyl halides is 3. The first-order valence-corrected chi connectivity index (χ1v) is 8.85. The van der Waals surface area contributed by atoms with Crippen molar-refractivity contribution < 1.29 is 31.1 Å². The maximum atomic E-state index is 12.1. The quantitative estimate of drug-likeness (QED) is 0.795. The standard InChI is InChI=1S/C16H15F3N2O4S/c17-16(18,19)25-13-6-4-12(5-7-13)21-15(22)10-3-11-1-8-14(9-2-11)26(20,23)24/h1-2,4-9H,3,10H2,(H,21,22)(H2,20,23,24). The van der Waals surface area contributed by atoms with Gasteiger partial charge in [0.25, 0.3) is 0 Å². The highest BCUT2D eigenvalue weighted by molar-refractivity contribution is 7.89. The highest BCUT2D eigenvalue weighted by Crippen LogP contribution is 2.24. The van der Waals surface area contributed by atoms with Gasteiger partial charge >= 0.3 is 6.36 Å². The summed E-state index contributed by atoms with van der Waals surface area (Å²) in [6, 6.07) is 10.6. The van der Waals surface area contributed by atoms with Gasteiger partial charge in [0, 0.05) is 12.1 Å². The Hall–Kier alpha value is -2.59. The fourth-order valence-electron chi connectivity index (χ4n) is 2.07. The van der Waals surface area contributed by atoms with Crippen molar-refractivity contribution in [3.8, 4) is 5.75 Å². The Bertz CT molecular complexity index is 864. The van der Waals surface area contributed by atoms with Crippen molar-refractivity contribution in [2.24, 2.45) is 5.14 Å². The van der Waals surface area contributed by atoms with E-state index < -0.39 is 16.4 Å². The number of nitrogens with two attached hydrogens (primary N) is 1. The Morgan fingerprint density at radius 1 is 1.04 bits per heavy atom. The molecule has 0 heterocycles. The van der Waals surface area contributed by atoms with Crippen LogP contribution in [0.2, 0.25) is 0 Å². The third-order valence-corrected chi connectivity index (χ3v) is 4.19. The fraction of sp³-hybridized carbons (Fsp3) is 0.188. The lowest BCUT2D eigenvalue weighted by atomic mass is 10.1. The van der Waals surface area contributed by atoms with Gasteiger partial charge in [0.15, 0.2) is 0 Å². The van der Waals surface area contributed by atoms with Crippen LogP contribution in [0.25, 0.3) is 0 Å². The van der Waals surface area contributed by atoms with Gasteiger partial charge in [0.05, 0.1) is 4.90 Å². The molecule has 3 N–H and O–H groups in total.